The molecule has 2 unspecified atom stereocenters. The Morgan fingerprint density at radius 2 is 1.86 bits per heavy atom. The summed E-state index contributed by atoms with van der Waals surface area (Å²) in [5.74, 6) is -1.19. The van der Waals surface area contributed by atoms with Gasteiger partial charge in [0.15, 0.2) is 6.61 Å². The van der Waals surface area contributed by atoms with Gasteiger partial charge in [-0.05, 0) is 42.2 Å². The number of carbonyl (C=O) groups is 2. The highest BCUT2D eigenvalue weighted by Gasteiger charge is 2.50. The van der Waals surface area contributed by atoms with Gasteiger partial charge < -0.3 is 9.64 Å². The monoisotopic (exact) mass is 462 g/mol. The molecule has 10 heteroatoms. The van der Waals surface area contributed by atoms with Gasteiger partial charge in [-0.25, -0.2) is 18.4 Å². The number of esters is 1. The van der Waals surface area contributed by atoms with E-state index in [0.717, 1.165) is 31.4 Å². The first-order chi connectivity index (χ1) is 13.2. The van der Waals surface area contributed by atoms with Crippen LogP contribution in [0.3, 0.4) is 0 Å². The zero-order chi connectivity index (χ0) is 21.8. The summed E-state index contributed by atoms with van der Waals surface area (Å²) in [6, 6.07) is 2.19. The topological polar surface area (TPSA) is 107 Å². The van der Waals surface area contributed by atoms with Crippen molar-refractivity contribution in [3.63, 3.8) is 0 Å². The van der Waals surface area contributed by atoms with Crippen LogP contribution in [0.4, 0.5) is 0 Å². The van der Waals surface area contributed by atoms with Crippen LogP contribution in [0.1, 0.15) is 50.4 Å². The van der Waals surface area contributed by atoms with Gasteiger partial charge in [0.2, 0.25) is 10.0 Å². The maximum Gasteiger partial charge on any atom is 0.340 e. The van der Waals surface area contributed by atoms with Gasteiger partial charge in [0.05, 0.1) is 15.6 Å². The number of hydrogen-bond donors (Lipinski definition) is 1. The van der Waals surface area contributed by atoms with Gasteiger partial charge in [-0.3, -0.25) is 4.79 Å². The maximum atomic E-state index is 12.7. The summed E-state index contributed by atoms with van der Waals surface area (Å²) in [7, 11) is -4.15. The van der Waals surface area contributed by atoms with E-state index in [1.54, 1.807) is 4.90 Å². The summed E-state index contributed by atoms with van der Waals surface area (Å²) in [6.07, 6.45) is 2.89. The molecule has 1 saturated carbocycles. The summed E-state index contributed by atoms with van der Waals surface area (Å²) >= 11 is 11.8. The van der Waals surface area contributed by atoms with E-state index in [-0.39, 0.29) is 38.4 Å². The fourth-order valence-electron chi connectivity index (χ4n) is 4.94. The lowest BCUT2D eigenvalue weighted by Crippen LogP contribution is -2.39. The Morgan fingerprint density at radius 1 is 1.21 bits per heavy atom. The van der Waals surface area contributed by atoms with Crippen LogP contribution in [0, 0.1) is 10.8 Å². The van der Waals surface area contributed by atoms with Crippen molar-refractivity contribution < 1.29 is 22.7 Å². The molecule has 1 amide bonds. The number of nitrogens with zero attached hydrogens (tertiary/aromatic N) is 1. The van der Waals surface area contributed by atoms with Crippen molar-refractivity contribution in [2.45, 2.75) is 51.0 Å². The smallest absolute Gasteiger partial charge is 0.340 e. The highest BCUT2D eigenvalue weighted by atomic mass is 35.5. The molecule has 29 heavy (non-hydrogen) atoms. The van der Waals surface area contributed by atoms with Crippen molar-refractivity contribution >= 4 is 45.1 Å². The molecular weight excluding hydrogens is 439 g/mol. The van der Waals surface area contributed by atoms with Gasteiger partial charge in [0.25, 0.3) is 5.91 Å². The van der Waals surface area contributed by atoms with Crippen LogP contribution >= 0.6 is 23.2 Å². The van der Waals surface area contributed by atoms with E-state index in [9.17, 15) is 18.0 Å². The first kappa shape index (κ1) is 22.3. The third-order valence-electron chi connectivity index (χ3n) is 5.61. The lowest BCUT2D eigenvalue weighted by molar-refractivity contribution is -0.135. The van der Waals surface area contributed by atoms with Crippen LogP contribution in [-0.4, -0.2) is 44.4 Å². The van der Waals surface area contributed by atoms with Gasteiger partial charge in [-0.2, -0.15) is 0 Å². The highest BCUT2D eigenvalue weighted by molar-refractivity contribution is 7.89. The van der Waals surface area contributed by atoms with Gasteiger partial charge in [0.1, 0.15) is 4.90 Å². The Hall–Kier alpha value is -1.35. The molecule has 1 aliphatic carbocycles. The molecule has 0 spiro atoms. The number of fused-ring (bicyclic) bond motifs is 2. The Morgan fingerprint density at radius 3 is 2.48 bits per heavy atom. The fourth-order valence-corrected chi connectivity index (χ4v) is 6.34. The SMILES string of the molecule is CC1(C)CC2CC(C)(CN2C(=O)COC(=O)c2cc(S(N)(=O)=O)c(Cl)cc2Cl)C1. The second-order valence-electron chi connectivity index (χ2n) is 9.12. The second kappa shape index (κ2) is 7.41. The molecule has 1 aromatic rings. The van der Waals surface area contributed by atoms with Crippen molar-refractivity contribution in [2.75, 3.05) is 13.2 Å². The number of benzene rings is 1. The summed E-state index contributed by atoms with van der Waals surface area (Å²) < 4.78 is 28.3. The number of rotatable bonds is 4. The molecule has 2 fully saturated rings. The zero-order valence-corrected chi connectivity index (χ0v) is 18.8. The largest absolute Gasteiger partial charge is 0.452 e. The molecule has 160 valence electrons. The van der Waals surface area contributed by atoms with Crippen molar-refractivity contribution in [2.24, 2.45) is 16.0 Å². The molecule has 7 nitrogen and oxygen atoms in total. The molecule has 0 aromatic heterocycles. The van der Waals surface area contributed by atoms with Gasteiger partial charge >= 0.3 is 5.97 Å². The average Bonchev–Trinajstić information content (AvgIpc) is 2.80. The Balaban J connectivity index is 1.71. The molecule has 1 aliphatic heterocycles. The maximum absolute atomic E-state index is 12.7. The second-order valence-corrected chi connectivity index (χ2v) is 11.5. The van der Waals surface area contributed by atoms with Crippen molar-refractivity contribution in [1.29, 1.82) is 0 Å². The Labute approximate surface area is 180 Å². The number of ether oxygens (including phenoxy) is 1. The molecule has 2 N–H and O–H groups in total. The molecule has 2 atom stereocenters. The lowest BCUT2D eigenvalue weighted by Gasteiger charge is -2.39. The summed E-state index contributed by atoms with van der Waals surface area (Å²) in [5, 5.41) is 4.80. The summed E-state index contributed by atoms with van der Waals surface area (Å²) in [5.41, 5.74) is 0.00135. The number of hydrogen-bond acceptors (Lipinski definition) is 5. The quantitative estimate of drug-likeness (QED) is 0.690. The standard InChI is InChI=1S/C19H24Cl2N2O5S/c1-18(2)6-11-7-19(3,9-18)10-23(11)16(24)8-28-17(25)12-4-15(29(22,26)27)14(21)5-13(12)20/h4-5,11H,6-10H2,1-3H3,(H2,22,26,27). The van der Waals surface area contributed by atoms with Crippen LogP contribution in [0.25, 0.3) is 0 Å². The number of amides is 1. The predicted molar refractivity (Wildman–Crippen MR) is 109 cm³/mol. The van der Waals surface area contributed by atoms with E-state index < -0.39 is 27.5 Å². The molecule has 2 aliphatic rings. The molecule has 1 heterocycles. The number of nitrogens with two attached hydrogens (primary N) is 1. The minimum Gasteiger partial charge on any atom is -0.452 e. The normalized spacial score (nSPS) is 25.7. The van der Waals surface area contributed by atoms with E-state index in [1.807, 2.05) is 0 Å². The Bertz CT molecular complexity index is 979. The first-order valence-electron chi connectivity index (χ1n) is 9.19. The van der Waals surface area contributed by atoms with E-state index >= 15 is 0 Å². The highest BCUT2D eigenvalue weighted by Crippen LogP contribution is 2.52. The minimum absolute atomic E-state index is 0.0654. The zero-order valence-electron chi connectivity index (χ0n) is 16.5. The number of likely N-dealkylation sites (tertiary alicyclic amines) is 1. The van der Waals surface area contributed by atoms with Crippen molar-refractivity contribution in [3.8, 4) is 0 Å². The molecular formula is C19H24Cl2N2O5S. The summed E-state index contributed by atoms with van der Waals surface area (Å²) in [4.78, 5) is 26.5. The number of sulfonamides is 1. The molecule has 0 radical (unpaired) electrons. The van der Waals surface area contributed by atoms with Crippen LogP contribution in [0.15, 0.2) is 17.0 Å². The molecule has 1 saturated heterocycles. The van der Waals surface area contributed by atoms with Gasteiger partial charge in [0, 0.05) is 12.6 Å². The van der Waals surface area contributed by atoms with Crippen LogP contribution < -0.4 is 5.14 Å². The van der Waals surface area contributed by atoms with Crippen molar-refractivity contribution in [1.82, 2.24) is 4.90 Å². The Kier molecular flexibility index (Phi) is 5.71. The van der Waals surface area contributed by atoms with Gasteiger partial charge in [-0.1, -0.05) is 44.0 Å². The molecule has 3 rings (SSSR count). The predicted octanol–water partition coefficient (Wildman–Crippen LogP) is 3.22. The van der Waals surface area contributed by atoms with E-state index in [0.29, 0.717) is 6.54 Å². The van der Waals surface area contributed by atoms with Crippen LogP contribution in [0.2, 0.25) is 10.0 Å². The average molecular weight is 463 g/mol. The third kappa shape index (κ3) is 4.71. The fraction of sp³-hybridized carbons (Fsp3) is 0.579. The van der Waals surface area contributed by atoms with E-state index in [2.05, 4.69) is 20.8 Å². The third-order valence-corrected chi connectivity index (χ3v) is 7.30. The van der Waals surface area contributed by atoms with Gasteiger partial charge in [-0.15, -0.1) is 0 Å². The van der Waals surface area contributed by atoms with E-state index in [1.165, 1.54) is 0 Å². The number of carbonyl (C=O) groups excluding carboxylic acids is 2. The lowest BCUT2D eigenvalue weighted by atomic mass is 9.65. The molecule has 2 bridgehead atoms. The van der Waals surface area contributed by atoms with E-state index in [4.69, 9.17) is 33.1 Å². The molecule has 1 aromatic carbocycles. The number of halogens is 2. The minimum atomic E-state index is -4.15. The summed E-state index contributed by atoms with van der Waals surface area (Å²) in [6.45, 7) is 6.78. The number of primary sulfonamides is 1. The van der Waals surface area contributed by atoms with Crippen LogP contribution in [0.5, 0.6) is 0 Å². The van der Waals surface area contributed by atoms with Crippen molar-refractivity contribution in [3.05, 3.63) is 27.7 Å². The van der Waals surface area contributed by atoms with Crippen LogP contribution in [-0.2, 0) is 19.6 Å². The first-order valence-corrected chi connectivity index (χ1v) is 11.5.